The topological polar surface area (TPSA) is 38.3 Å². The molecule has 110 valence electrons. The third kappa shape index (κ3) is 3.50. The number of benzene rings is 2. The molecule has 2 aromatic rings. The van der Waals surface area contributed by atoms with Crippen LogP contribution in [-0.2, 0) is 0 Å². The maximum Gasteiger partial charge on any atom is 0.387 e. The van der Waals surface area contributed by atoms with Gasteiger partial charge < -0.3 is 10.1 Å². The van der Waals surface area contributed by atoms with Crippen molar-refractivity contribution in [2.24, 2.45) is 0 Å². The largest absolute Gasteiger partial charge is 0.433 e. The monoisotopic (exact) mass is 299 g/mol. The van der Waals surface area contributed by atoms with Crippen molar-refractivity contribution in [3.63, 3.8) is 0 Å². The van der Waals surface area contributed by atoms with Crippen molar-refractivity contribution in [3.8, 4) is 5.75 Å². The van der Waals surface area contributed by atoms with Crippen LogP contribution in [0.3, 0.4) is 0 Å². The van der Waals surface area contributed by atoms with E-state index in [1.165, 1.54) is 24.3 Å². The molecular weight excluding hydrogens is 290 g/mol. The zero-order chi connectivity index (χ0) is 15.4. The quantitative estimate of drug-likeness (QED) is 0.872. The van der Waals surface area contributed by atoms with Crippen molar-refractivity contribution in [2.45, 2.75) is 6.61 Å². The van der Waals surface area contributed by atoms with E-state index in [1.807, 2.05) is 0 Å². The van der Waals surface area contributed by atoms with E-state index in [1.54, 1.807) is 0 Å². The second-order valence-electron chi connectivity index (χ2n) is 3.93. The van der Waals surface area contributed by atoms with Crippen LogP contribution in [-0.4, -0.2) is 12.5 Å². The molecule has 0 radical (unpaired) electrons. The maximum atomic E-state index is 13.5. The van der Waals surface area contributed by atoms with Gasteiger partial charge in [0.05, 0.1) is 11.3 Å². The normalized spacial score (nSPS) is 10.5. The Kier molecular flexibility index (Phi) is 4.42. The Bertz CT molecular complexity index is 661. The molecule has 7 heteroatoms. The molecule has 1 amide bonds. The number of rotatable bonds is 4. The molecule has 0 aliphatic rings. The average molecular weight is 299 g/mol. The number of para-hydroxylation sites is 2. The summed E-state index contributed by atoms with van der Waals surface area (Å²) in [4.78, 5) is 11.9. The van der Waals surface area contributed by atoms with E-state index in [-0.39, 0.29) is 11.4 Å². The first-order chi connectivity index (χ1) is 9.99. The van der Waals surface area contributed by atoms with Gasteiger partial charge in [0.25, 0.3) is 5.91 Å². The average Bonchev–Trinajstić information content (AvgIpc) is 2.43. The first-order valence-corrected chi connectivity index (χ1v) is 5.78. The maximum absolute atomic E-state index is 13.5. The van der Waals surface area contributed by atoms with E-state index in [9.17, 15) is 22.4 Å². The van der Waals surface area contributed by atoms with E-state index >= 15 is 0 Å². The third-order valence-corrected chi connectivity index (χ3v) is 2.55. The van der Waals surface area contributed by atoms with E-state index in [0.717, 1.165) is 18.2 Å². The zero-order valence-corrected chi connectivity index (χ0v) is 10.4. The Hall–Kier alpha value is -2.57. The molecule has 0 spiro atoms. The first-order valence-electron chi connectivity index (χ1n) is 5.78. The molecule has 21 heavy (non-hydrogen) atoms. The summed E-state index contributed by atoms with van der Waals surface area (Å²) in [7, 11) is 0. The molecule has 0 aromatic heterocycles. The molecule has 0 saturated carbocycles. The van der Waals surface area contributed by atoms with Gasteiger partial charge in [-0.25, -0.2) is 8.78 Å². The summed E-state index contributed by atoms with van der Waals surface area (Å²) in [5.74, 6) is -3.75. The first kappa shape index (κ1) is 14.8. The zero-order valence-electron chi connectivity index (χ0n) is 10.4. The predicted molar refractivity (Wildman–Crippen MR) is 67.4 cm³/mol. The molecule has 3 nitrogen and oxygen atoms in total. The summed E-state index contributed by atoms with van der Waals surface area (Å²) in [5.41, 5.74) is -0.617. The fourth-order valence-corrected chi connectivity index (χ4v) is 1.64. The van der Waals surface area contributed by atoms with Gasteiger partial charge in [0.2, 0.25) is 0 Å². The molecule has 0 bridgehead atoms. The summed E-state index contributed by atoms with van der Waals surface area (Å²) in [5, 5.41) is 2.20. The lowest BCUT2D eigenvalue weighted by atomic mass is 10.2. The van der Waals surface area contributed by atoms with Gasteiger partial charge >= 0.3 is 6.61 Å². The third-order valence-electron chi connectivity index (χ3n) is 2.55. The lowest BCUT2D eigenvalue weighted by Crippen LogP contribution is -2.16. The van der Waals surface area contributed by atoms with Crippen LogP contribution in [0.25, 0.3) is 0 Å². The fourth-order valence-electron chi connectivity index (χ4n) is 1.64. The number of carbonyl (C=O) groups excluding carboxylic acids is 1. The van der Waals surface area contributed by atoms with Gasteiger partial charge in [0.15, 0.2) is 11.6 Å². The molecule has 0 heterocycles. The fraction of sp³-hybridized carbons (Fsp3) is 0.0714. The smallest absolute Gasteiger partial charge is 0.387 e. The second kappa shape index (κ2) is 6.25. The number of carbonyl (C=O) groups is 1. The van der Waals surface area contributed by atoms with Crippen molar-refractivity contribution in [3.05, 3.63) is 59.7 Å². The highest BCUT2D eigenvalue weighted by atomic mass is 19.3. The van der Waals surface area contributed by atoms with Crippen LogP contribution < -0.4 is 10.1 Å². The molecule has 2 rings (SSSR count). The minimum absolute atomic E-state index is 0.0774. The molecule has 0 atom stereocenters. The molecule has 0 unspecified atom stereocenters. The van der Waals surface area contributed by atoms with Crippen molar-refractivity contribution in [2.75, 3.05) is 5.32 Å². The highest BCUT2D eigenvalue weighted by molar-refractivity contribution is 6.05. The van der Waals surface area contributed by atoms with Crippen molar-refractivity contribution >= 4 is 11.6 Å². The number of amides is 1. The predicted octanol–water partition coefficient (Wildman–Crippen LogP) is 3.82. The summed E-state index contributed by atoms with van der Waals surface area (Å²) in [6.45, 7) is -3.08. The molecular formula is C14H9F4NO2. The van der Waals surface area contributed by atoms with Gasteiger partial charge in [-0.05, 0) is 24.3 Å². The highest BCUT2D eigenvalue weighted by Crippen LogP contribution is 2.26. The van der Waals surface area contributed by atoms with E-state index in [2.05, 4.69) is 10.1 Å². The van der Waals surface area contributed by atoms with Crippen LogP contribution in [0, 0.1) is 11.6 Å². The Labute approximate surface area is 117 Å². The molecule has 1 N–H and O–H groups in total. The molecule has 0 fully saturated rings. The Balaban J connectivity index is 2.26. The minimum Gasteiger partial charge on any atom is -0.433 e. The van der Waals surface area contributed by atoms with Crippen molar-refractivity contribution in [1.29, 1.82) is 0 Å². The lowest BCUT2D eigenvalue weighted by molar-refractivity contribution is -0.0493. The van der Waals surface area contributed by atoms with Gasteiger partial charge in [-0.3, -0.25) is 4.79 Å². The number of halogens is 4. The van der Waals surface area contributed by atoms with Gasteiger partial charge in [-0.1, -0.05) is 18.2 Å². The van der Waals surface area contributed by atoms with Gasteiger partial charge in [0, 0.05) is 0 Å². The second-order valence-corrected chi connectivity index (χ2v) is 3.93. The van der Waals surface area contributed by atoms with Gasteiger partial charge in [0.1, 0.15) is 5.75 Å². The number of alkyl halides is 2. The van der Waals surface area contributed by atoms with Crippen LogP contribution in [0.15, 0.2) is 42.5 Å². The van der Waals surface area contributed by atoms with Gasteiger partial charge in [-0.15, -0.1) is 0 Å². The lowest BCUT2D eigenvalue weighted by Gasteiger charge is -2.12. The van der Waals surface area contributed by atoms with Crippen LogP contribution in [0.5, 0.6) is 5.75 Å². The standard InChI is InChI=1S/C14H9F4NO2/c15-9-5-3-4-8(12(9)16)13(20)19-10-6-1-2-7-11(10)21-14(17)18/h1-7,14H,(H,19,20). The van der Waals surface area contributed by atoms with Crippen LogP contribution in [0.2, 0.25) is 0 Å². The van der Waals surface area contributed by atoms with E-state index in [4.69, 9.17) is 0 Å². The number of nitrogens with one attached hydrogen (secondary N) is 1. The Morgan fingerprint density at radius 1 is 1.05 bits per heavy atom. The Morgan fingerprint density at radius 3 is 2.48 bits per heavy atom. The summed E-state index contributed by atoms with van der Waals surface area (Å²) in [6, 6.07) is 8.50. The molecule has 2 aromatic carbocycles. The van der Waals surface area contributed by atoms with E-state index in [0.29, 0.717) is 0 Å². The molecule has 0 saturated heterocycles. The Morgan fingerprint density at radius 2 is 1.76 bits per heavy atom. The van der Waals surface area contributed by atoms with Crippen molar-refractivity contribution in [1.82, 2.24) is 0 Å². The van der Waals surface area contributed by atoms with Crippen LogP contribution >= 0.6 is 0 Å². The van der Waals surface area contributed by atoms with Gasteiger partial charge in [-0.2, -0.15) is 8.78 Å². The number of ether oxygens (including phenoxy) is 1. The SMILES string of the molecule is O=C(Nc1ccccc1OC(F)F)c1cccc(F)c1F. The number of hydrogen-bond donors (Lipinski definition) is 1. The number of anilines is 1. The molecule has 0 aliphatic heterocycles. The molecule has 0 aliphatic carbocycles. The van der Waals surface area contributed by atoms with Crippen LogP contribution in [0.4, 0.5) is 23.2 Å². The van der Waals surface area contributed by atoms with Crippen LogP contribution in [0.1, 0.15) is 10.4 Å². The van der Waals surface area contributed by atoms with E-state index < -0.39 is 29.7 Å². The summed E-state index contributed by atoms with van der Waals surface area (Å²) in [6.07, 6.45) is 0. The number of hydrogen-bond acceptors (Lipinski definition) is 2. The highest BCUT2D eigenvalue weighted by Gasteiger charge is 2.17. The summed E-state index contributed by atoms with van der Waals surface area (Å²) < 4.78 is 55.2. The van der Waals surface area contributed by atoms with Crippen molar-refractivity contribution < 1.29 is 27.1 Å². The summed E-state index contributed by atoms with van der Waals surface area (Å²) >= 11 is 0. The minimum atomic E-state index is -3.08.